The van der Waals surface area contributed by atoms with Crippen molar-refractivity contribution in [2.45, 2.75) is 33.2 Å². The molecular formula is C18H20F2N2O2. The number of amides is 1. The molecule has 1 atom stereocenters. The van der Waals surface area contributed by atoms with E-state index in [1.165, 1.54) is 12.3 Å². The Kier molecular flexibility index (Phi) is 6.23. The molecule has 1 N–H and O–H groups in total. The number of nitrogens with one attached hydrogen (secondary N) is 1. The van der Waals surface area contributed by atoms with Crippen molar-refractivity contribution in [2.24, 2.45) is 5.92 Å². The monoisotopic (exact) mass is 334 g/mol. The standard InChI is InChI=1S/C18H20F2N2O2/c1-3-12(2)9-17(23)22-11-13-5-4-8-21-18(13)24-16-7-6-14(19)10-15(16)20/h4-8,10,12H,3,9,11H2,1-2H3,(H,22,23). The summed E-state index contributed by atoms with van der Waals surface area (Å²) in [5, 5.41) is 2.80. The van der Waals surface area contributed by atoms with Gasteiger partial charge in [-0.2, -0.15) is 0 Å². The van der Waals surface area contributed by atoms with Crippen LogP contribution in [0.4, 0.5) is 8.78 Å². The number of hydrogen-bond donors (Lipinski definition) is 1. The summed E-state index contributed by atoms with van der Waals surface area (Å²) in [5.41, 5.74) is 0.610. The van der Waals surface area contributed by atoms with Crippen LogP contribution in [-0.2, 0) is 11.3 Å². The Morgan fingerprint density at radius 1 is 1.33 bits per heavy atom. The van der Waals surface area contributed by atoms with Crippen molar-refractivity contribution in [3.8, 4) is 11.6 Å². The molecule has 1 amide bonds. The fourth-order valence-corrected chi connectivity index (χ4v) is 2.04. The fourth-order valence-electron chi connectivity index (χ4n) is 2.04. The van der Waals surface area contributed by atoms with Gasteiger partial charge in [-0.25, -0.2) is 13.8 Å². The predicted molar refractivity (Wildman–Crippen MR) is 86.6 cm³/mol. The first-order valence-electron chi connectivity index (χ1n) is 7.83. The van der Waals surface area contributed by atoms with Gasteiger partial charge in [-0.15, -0.1) is 0 Å². The predicted octanol–water partition coefficient (Wildman–Crippen LogP) is 4.20. The maximum absolute atomic E-state index is 13.7. The lowest BCUT2D eigenvalue weighted by Gasteiger charge is -2.12. The van der Waals surface area contributed by atoms with Crippen LogP contribution < -0.4 is 10.1 Å². The van der Waals surface area contributed by atoms with E-state index in [1.807, 2.05) is 13.8 Å². The molecule has 2 aromatic rings. The summed E-state index contributed by atoms with van der Waals surface area (Å²) in [7, 11) is 0. The van der Waals surface area contributed by atoms with Crippen LogP contribution in [0.2, 0.25) is 0 Å². The lowest BCUT2D eigenvalue weighted by Crippen LogP contribution is -2.24. The van der Waals surface area contributed by atoms with Crippen LogP contribution in [0.1, 0.15) is 32.3 Å². The van der Waals surface area contributed by atoms with Gasteiger partial charge in [0.2, 0.25) is 11.8 Å². The quantitative estimate of drug-likeness (QED) is 0.825. The number of pyridine rings is 1. The van der Waals surface area contributed by atoms with E-state index in [-0.39, 0.29) is 24.1 Å². The summed E-state index contributed by atoms with van der Waals surface area (Å²) < 4.78 is 32.1. The van der Waals surface area contributed by atoms with Crippen LogP contribution in [0.25, 0.3) is 0 Å². The molecule has 0 aliphatic heterocycles. The average Bonchev–Trinajstić information content (AvgIpc) is 2.56. The molecule has 0 fully saturated rings. The molecule has 0 saturated carbocycles. The third-order valence-electron chi connectivity index (χ3n) is 3.66. The smallest absolute Gasteiger partial charge is 0.224 e. The summed E-state index contributed by atoms with van der Waals surface area (Å²) in [6, 6.07) is 6.47. The Morgan fingerprint density at radius 3 is 2.83 bits per heavy atom. The van der Waals surface area contributed by atoms with E-state index in [1.54, 1.807) is 12.1 Å². The summed E-state index contributed by atoms with van der Waals surface area (Å²) >= 11 is 0. The molecule has 0 aliphatic rings. The van der Waals surface area contributed by atoms with Gasteiger partial charge in [0.1, 0.15) is 5.82 Å². The van der Waals surface area contributed by atoms with E-state index < -0.39 is 11.6 Å². The number of nitrogens with zero attached hydrogens (tertiary/aromatic N) is 1. The lowest BCUT2D eigenvalue weighted by molar-refractivity contribution is -0.122. The van der Waals surface area contributed by atoms with Crippen LogP contribution in [0.15, 0.2) is 36.5 Å². The summed E-state index contributed by atoms with van der Waals surface area (Å²) in [5.74, 6) is -1.20. The number of hydrogen-bond acceptors (Lipinski definition) is 3. The minimum Gasteiger partial charge on any atom is -0.436 e. The van der Waals surface area contributed by atoms with Crippen molar-refractivity contribution in [2.75, 3.05) is 0 Å². The molecule has 128 valence electrons. The van der Waals surface area contributed by atoms with Crippen molar-refractivity contribution < 1.29 is 18.3 Å². The van der Waals surface area contributed by atoms with Gasteiger partial charge in [0.05, 0.1) is 0 Å². The van der Waals surface area contributed by atoms with Gasteiger partial charge < -0.3 is 10.1 Å². The highest BCUT2D eigenvalue weighted by atomic mass is 19.1. The number of halogens is 2. The Hall–Kier alpha value is -2.50. The molecule has 6 heteroatoms. The summed E-state index contributed by atoms with van der Waals surface area (Å²) in [6.45, 7) is 4.26. The van der Waals surface area contributed by atoms with Crippen LogP contribution >= 0.6 is 0 Å². The third-order valence-corrected chi connectivity index (χ3v) is 3.66. The second-order valence-corrected chi connectivity index (χ2v) is 5.64. The largest absolute Gasteiger partial charge is 0.436 e. The van der Waals surface area contributed by atoms with E-state index >= 15 is 0 Å². The maximum atomic E-state index is 13.7. The van der Waals surface area contributed by atoms with Crippen LogP contribution in [0.5, 0.6) is 11.6 Å². The molecule has 2 rings (SSSR count). The Morgan fingerprint density at radius 2 is 2.12 bits per heavy atom. The molecular weight excluding hydrogens is 314 g/mol. The number of rotatable bonds is 7. The Balaban J connectivity index is 2.06. The first-order chi connectivity index (χ1) is 11.5. The normalized spacial score (nSPS) is 11.8. The van der Waals surface area contributed by atoms with E-state index in [9.17, 15) is 13.6 Å². The third kappa shape index (κ3) is 5.01. The van der Waals surface area contributed by atoms with Crippen molar-refractivity contribution in [1.82, 2.24) is 10.3 Å². The van der Waals surface area contributed by atoms with Gasteiger partial charge in [0, 0.05) is 30.8 Å². The number of benzene rings is 1. The molecule has 1 aromatic heterocycles. The summed E-state index contributed by atoms with van der Waals surface area (Å²) in [4.78, 5) is 15.9. The zero-order valence-electron chi connectivity index (χ0n) is 13.7. The molecule has 1 heterocycles. The molecule has 0 bridgehead atoms. The number of carbonyl (C=O) groups excluding carboxylic acids is 1. The van der Waals surface area contributed by atoms with Crippen molar-refractivity contribution in [3.05, 3.63) is 53.7 Å². The van der Waals surface area contributed by atoms with Crippen LogP contribution in [0, 0.1) is 17.6 Å². The minimum atomic E-state index is -0.813. The number of carbonyl (C=O) groups is 1. The van der Waals surface area contributed by atoms with Crippen LogP contribution in [-0.4, -0.2) is 10.9 Å². The highest BCUT2D eigenvalue weighted by Gasteiger charge is 2.12. The highest BCUT2D eigenvalue weighted by molar-refractivity contribution is 5.76. The first kappa shape index (κ1) is 17.8. The Labute approximate surface area is 139 Å². The lowest BCUT2D eigenvalue weighted by atomic mass is 10.1. The molecule has 0 spiro atoms. The van der Waals surface area contributed by atoms with Gasteiger partial charge in [-0.05, 0) is 24.1 Å². The van der Waals surface area contributed by atoms with Gasteiger partial charge in [-0.1, -0.05) is 26.3 Å². The molecule has 0 aliphatic carbocycles. The fraction of sp³-hybridized carbons (Fsp3) is 0.333. The topological polar surface area (TPSA) is 51.2 Å². The van der Waals surface area contributed by atoms with Gasteiger partial charge in [-0.3, -0.25) is 4.79 Å². The number of ether oxygens (including phenoxy) is 1. The first-order valence-corrected chi connectivity index (χ1v) is 7.83. The zero-order valence-corrected chi connectivity index (χ0v) is 13.7. The van der Waals surface area contributed by atoms with E-state index in [4.69, 9.17) is 4.74 Å². The molecule has 4 nitrogen and oxygen atoms in total. The second kappa shape index (κ2) is 8.38. The molecule has 0 saturated heterocycles. The van der Waals surface area contributed by atoms with Gasteiger partial charge >= 0.3 is 0 Å². The summed E-state index contributed by atoms with van der Waals surface area (Å²) in [6.07, 6.45) is 2.87. The molecule has 1 aromatic carbocycles. The van der Waals surface area contributed by atoms with Crippen molar-refractivity contribution in [1.29, 1.82) is 0 Å². The van der Waals surface area contributed by atoms with Crippen molar-refractivity contribution in [3.63, 3.8) is 0 Å². The number of aromatic nitrogens is 1. The van der Waals surface area contributed by atoms with Gasteiger partial charge in [0.25, 0.3) is 0 Å². The minimum absolute atomic E-state index is 0.0629. The second-order valence-electron chi connectivity index (χ2n) is 5.64. The van der Waals surface area contributed by atoms with Gasteiger partial charge in [0.15, 0.2) is 11.6 Å². The van der Waals surface area contributed by atoms with E-state index in [2.05, 4.69) is 10.3 Å². The molecule has 1 unspecified atom stereocenters. The van der Waals surface area contributed by atoms with E-state index in [0.29, 0.717) is 17.9 Å². The molecule has 0 radical (unpaired) electrons. The average molecular weight is 334 g/mol. The molecule has 24 heavy (non-hydrogen) atoms. The zero-order chi connectivity index (χ0) is 17.5. The SMILES string of the molecule is CCC(C)CC(=O)NCc1cccnc1Oc1ccc(F)cc1F. The Bertz CT molecular complexity index is 707. The van der Waals surface area contributed by atoms with Crippen LogP contribution in [0.3, 0.4) is 0 Å². The maximum Gasteiger partial charge on any atom is 0.224 e. The highest BCUT2D eigenvalue weighted by Crippen LogP contribution is 2.26. The van der Waals surface area contributed by atoms with E-state index in [0.717, 1.165) is 18.6 Å². The van der Waals surface area contributed by atoms with Crippen molar-refractivity contribution >= 4 is 5.91 Å².